The Bertz CT molecular complexity index is 3680. The molecule has 338 valence electrons. The van der Waals surface area contributed by atoms with Crippen LogP contribution < -0.4 is 81.8 Å². The fourth-order valence-corrected chi connectivity index (χ4v) is 16.0. The van der Waals surface area contributed by atoms with Crippen molar-refractivity contribution in [3.63, 3.8) is 0 Å². The van der Waals surface area contributed by atoms with E-state index >= 15 is 0 Å². The zero-order valence-electron chi connectivity index (χ0n) is 38.9. The first-order valence-corrected chi connectivity index (χ1v) is 30.4. The Balaban J connectivity index is 1.01. The summed E-state index contributed by atoms with van der Waals surface area (Å²) < 4.78 is 21.1. The third kappa shape index (κ3) is 5.58. The lowest BCUT2D eigenvalue weighted by Crippen LogP contribution is -2.66. The van der Waals surface area contributed by atoms with Crippen molar-refractivity contribution in [2.75, 3.05) is 60.7 Å². The molecule has 8 aromatic carbocycles. The van der Waals surface area contributed by atoms with Crippen molar-refractivity contribution in [3.8, 4) is 23.0 Å². The molecule has 0 saturated heterocycles. The van der Waals surface area contributed by atoms with Crippen LogP contribution in [-0.4, -0.2) is 57.7 Å². The number of rotatable bonds is 6. The van der Waals surface area contributed by atoms with Crippen LogP contribution in [0.25, 0.3) is 0 Å². The topological polar surface area (TPSA) is 43.5 Å². The first-order valence-electron chi connectivity index (χ1n) is 23.2. The minimum absolute atomic E-state index is 0.00148. The van der Waals surface area contributed by atoms with E-state index in [1.165, 1.54) is 104 Å². The molecule has 0 aliphatic carbocycles. The predicted molar refractivity (Wildman–Crippen MR) is 313 cm³/mol. The zero-order valence-corrected chi connectivity index (χ0v) is 43.8. The summed E-state index contributed by atoms with van der Waals surface area (Å²) >= 11 is 10.7. The van der Waals surface area contributed by atoms with E-state index < -0.39 is 0 Å². The van der Waals surface area contributed by atoms with Gasteiger partial charge in [-0.3, -0.25) is 12.9 Å². The number of para-hydroxylation sites is 4. The van der Waals surface area contributed by atoms with E-state index in [4.69, 9.17) is 9.47 Å². The highest BCUT2D eigenvalue weighted by molar-refractivity contribution is 8.01. The van der Waals surface area contributed by atoms with Gasteiger partial charge in [-0.05, 0) is 177 Å². The van der Waals surface area contributed by atoms with Gasteiger partial charge in [0.15, 0.2) is 11.5 Å². The van der Waals surface area contributed by atoms with Gasteiger partial charge in [-0.1, -0.05) is 54.6 Å². The Kier molecular flexibility index (Phi) is 9.42. The largest absolute Gasteiger partial charge is 0.458 e. The van der Waals surface area contributed by atoms with E-state index in [0.29, 0.717) is 0 Å². The molecule has 1 N–H and O–H groups in total. The van der Waals surface area contributed by atoms with Crippen molar-refractivity contribution >= 4 is 203 Å². The van der Waals surface area contributed by atoms with Crippen molar-refractivity contribution in [2.45, 2.75) is 14.7 Å². The molecule has 8 aromatic rings. The highest BCUT2D eigenvalue weighted by Gasteiger charge is 2.50. The highest BCUT2D eigenvalue weighted by atomic mass is 32.2. The molecule has 7 aliphatic heterocycles. The number of fused-ring (bicyclic) bond motifs is 14. The maximum absolute atomic E-state index is 6.83. The average molecular weight is 1020 g/mol. The Morgan fingerprint density at radius 3 is 1.60 bits per heavy atom. The second-order valence-corrected chi connectivity index (χ2v) is 23.1. The Morgan fingerprint density at radius 1 is 0.371 bits per heavy atom. The lowest BCUT2D eigenvalue weighted by Gasteiger charge is -2.46. The number of nitrogens with zero attached hydrogens (tertiary/aromatic N) is 4. The summed E-state index contributed by atoms with van der Waals surface area (Å²) in [6.45, 7) is -0.0850. The van der Waals surface area contributed by atoms with Gasteiger partial charge in [0.1, 0.15) is 11.5 Å². The Morgan fingerprint density at radius 2 is 0.900 bits per heavy atom. The van der Waals surface area contributed by atoms with Crippen molar-refractivity contribution in [3.05, 3.63) is 127 Å². The van der Waals surface area contributed by atoms with E-state index in [9.17, 15) is 0 Å². The summed E-state index contributed by atoms with van der Waals surface area (Å²) in [7, 11) is 0. The van der Waals surface area contributed by atoms with Crippen LogP contribution in [0.2, 0.25) is 0 Å². The Labute approximate surface area is 434 Å². The second kappa shape index (κ2) is 15.6. The first-order chi connectivity index (χ1) is 34.4. The molecule has 0 spiro atoms. The lowest BCUT2D eigenvalue weighted by molar-refractivity contribution is 0.477. The SMILES string of the molecule is CSc1cc2c3c(c1)N(SC)c1cc4c(cc1B3c1ccccc1O2)B1c2cc3c(cc2N(SC)c2cc(SC)cc(c21)N4SC)Nc1cc(SC)cc2c1B3c1cccc3c1N2c1ccccc1O3. The van der Waals surface area contributed by atoms with Gasteiger partial charge >= 0.3 is 0 Å². The van der Waals surface area contributed by atoms with Crippen LogP contribution in [0.4, 0.5) is 62.6 Å². The van der Waals surface area contributed by atoms with Crippen molar-refractivity contribution in [2.24, 2.45) is 0 Å². The quantitative estimate of drug-likeness (QED) is 0.0979. The number of nitrogens with one attached hydrogen (secondary N) is 1. The molecule has 7 heterocycles. The number of thioether (sulfide) groups is 3. The second-order valence-electron chi connectivity index (χ2n) is 18.3. The predicted octanol–water partition coefficient (Wildman–Crippen LogP) is 9.64. The minimum atomic E-state index is -0.0504. The fourth-order valence-electron chi connectivity index (χ4n) is 12.5. The van der Waals surface area contributed by atoms with Gasteiger partial charge in [-0.15, -0.1) is 35.3 Å². The highest BCUT2D eigenvalue weighted by Crippen LogP contribution is 2.53. The smallest absolute Gasteiger partial charge is 0.256 e. The first kappa shape index (κ1) is 42.3. The normalized spacial score (nSPS) is 14.9. The van der Waals surface area contributed by atoms with Gasteiger partial charge in [-0.25, -0.2) is 0 Å². The van der Waals surface area contributed by atoms with Crippen molar-refractivity contribution < 1.29 is 9.47 Å². The van der Waals surface area contributed by atoms with Crippen LogP contribution in [0.15, 0.2) is 142 Å². The van der Waals surface area contributed by atoms with Crippen LogP contribution in [0, 0.1) is 0 Å². The number of benzene rings is 8. The molecule has 0 saturated carbocycles. The van der Waals surface area contributed by atoms with Crippen LogP contribution in [0.1, 0.15) is 0 Å². The molecule has 0 radical (unpaired) electrons. The van der Waals surface area contributed by atoms with E-state index in [-0.39, 0.29) is 20.1 Å². The molecule has 0 unspecified atom stereocenters. The summed E-state index contributed by atoms with van der Waals surface area (Å²) in [4.78, 5) is 6.12. The summed E-state index contributed by atoms with van der Waals surface area (Å²) in [6, 6.07) is 48.1. The zero-order chi connectivity index (χ0) is 46.8. The Hall–Kier alpha value is -5.35. The standard InChI is InChI=1S/C54H40B3N5O2S6/c1-65-28-18-38-51-43(19-28)59-39-14-8-10-16-48(39)64-49-17-11-13-32(54(49)59)56(51)33-24-34-40(26-37(33)58-38)60(68-4)44-20-29(66-2)21-45-52(44)57(34)36-25-35-41(27-42(36)61(45)69-5)62(70-6)46-22-30(67-3)23-50-53(46)55(35)31-12-7-9-15-47(31)63-50/h7-27,58H,1-6H3. The minimum Gasteiger partial charge on any atom is -0.458 e. The molecule has 0 aromatic heterocycles. The van der Waals surface area contributed by atoms with Crippen LogP contribution in [0.3, 0.4) is 0 Å². The molecule has 0 amide bonds. The average Bonchev–Trinajstić information content (AvgIpc) is 3.39. The summed E-state index contributed by atoms with van der Waals surface area (Å²) in [5.74, 6) is 3.63. The van der Waals surface area contributed by atoms with E-state index in [2.05, 4.69) is 188 Å². The molecule has 0 bridgehead atoms. The van der Waals surface area contributed by atoms with Gasteiger partial charge in [0.25, 0.3) is 20.1 Å². The van der Waals surface area contributed by atoms with Gasteiger partial charge in [0, 0.05) is 67.6 Å². The summed E-state index contributed by atoms with van der Waals surface area (Å²) in [5, 5.41) is 4.08. The number of hydrogen-bond acceptors (Lipinski definition) is 13. The van der Waals surface area contributed by atoms with Crippen LogP contribution in [-0.2, 0) is 0 Å². The van der Waals surface area contributed by atoms with Crippen molar-refractivity contribution in [1.82, 2.24) is 0 Å². The molecule has 0 atom stereocenters. The van der Waals surface area contributed by atoms with Gasteiger partial charge in [0.05, 0.1) is 28.4 Å². The summed E-state index contributed by atoms with van der Waals surface area (Å²) in [5.41, 5.74) is 24.6. The van der Waals surface area contributed by atoms with E-state index in [0.717, 1.165) is 45.7 Å². The summed E-state index contributed by atoms with van der Waals surface area (Å²) in [6.07, 6.45) is 13.2. The lowest BCUT2D eigenvalue weighted by atomic mass is 9.29. The monoisotopic (exact) mass is 1020 g/mol. The molecular weight excluding hydrogens is 975 g/mol. The number of ether oxygens (including phenoxy) is 2. The van der Waals surface area contributed by atoms with E-state index in [1.807, 2.05) is 11.8 Å². The van der Waals surface area contributed by atoms with Gasteiger partial charge in [0.2, 0.25) is 0 Å². The third-order valence-corrected chi connectivity index (χ3v) is 19.6. The molecular formula is C54H40B3N5O2S6. The van der Waals surface area contributed by atoms with Gasteiger partial charge < -0.3 is 19.7 Å². The molecule has 15 rings (SSSR count). The molecule has 70 heavy (non-hydrogen) atoms. The molecule has 7 aliphatic rings. The molecule has 0 fully saturated rings. The van der Waals surface area contributed by atoms with Crippen LogP contribution >= 0.6 is 71.1 Å². The van der Waals surface area contributed by atoms with Gasteiger partial charge in [-0.2, -0.15) is 0 Å². The van der Waals surface area contributed by atoms with Crippen molar-refractivity contribution in [1.29, 1.82) is 0 Å². The van der Waals surface area contributed by atoms with E-state index in [1.54, 1.807) is 59.4 Å². The fraction of sp³-hybridized carbons (Fsp3) is 0.111. The maximum Gasteiger partial charge on any atom is 0.256 e. The molecule has 7 nitrogen and oxygen atoms in total. The maximum atomic E-state index is 6.83. The number of anilines is 11. The molecule has 16 heteroatoms. The van der Waals surface area contributed by atoms with Crippen LogP contribution in [0.5, 0.6) is 23.0 Å². The third-order valence-electron chi connectivity index (χ3n) is 15.2. The number of hydrogen-bond donors (Lipinski definition) is 1.